The fourth-order valence-corrected chi connectivity index (χ4v) is 4.37. The Kier molecular flexibility index (Phi) is 5.93. The molecule has 1 amide bonds. The van der Waals surface area contributed by atoms with E-state index in [1.165, 1.54) is 24.7 Å². The molecule has 1 unspecified atom stereocenters. The number of rotatable bonds is 7. The van der Waals surface area contributed by atoms with E-state index >= 15 is 0 Å². The maximum atomic E-state index is 12.6. The number of anilines is 1. The number of aryl methyl sites for hydroxylation is 2. The van der Waals surface area contributed by atoms with Crippen LogP contribution in [0.3, 0.4) is 0 Å². The minimum atomic E-state index is -3.61. The number of fused-ring (bicyclic) bond motifs is 1. The summed E-state index contributed by atoms with van der Waals surface area (Å²) in [5.74, 6) is 0.265. The van der Waals surface area contributed by atoms with Crippen molar-refractivity contribution in [3.63, 3.8) is 0 Å². The smallest absolute Gasteiger partial charge is 0.241 e. The van der Waals surface area contributed by atoms with Crippen LogP contribution in [0.15, 0.2) is 42.5 Å². The predicted molar refractivity (Wildman–Crippen MR) is 110 cm³/mol. The van der Waals surface area contributed by atoms with Gasteiger partial charge in [0.1, 0.15) is 12.3 Å². The molecule has 0 bridgehead atoms. The molecule has 150 valence electrons. The molecule has 0 fully saturated rings. The molecule has 7 heteroatoms. The third kappa shape index (κ3) is 4.65. The van der Waals surface area contributed by atoms with E-state index < -0.39 is 10.0 Å². The predicted octanol–water partition coefficient (Wildman–Crippen LogP) is 2.83. The number of nitrogens with zero attached hydrogens (tertiary/aromatic N) is 1. The number of benzene rings is 2. The summed E-state index contributed by atoms with van der Waals surface area (Å²) in [7, 11) is -2.07. The van der Waals surface area contributed by atoms with Crippen LogP contribution in [-0.4, -0.2) is 34.2 Å². The van der Waals surface area contributed by atoms with Crippen molar-refractivity contribution in [1.82, 2.24) is 5.32 Å². The third-order valence-electron chi connectivity index (χ3n) is 5.05. The van der Waals surface area contributed by atoms with Crippen LogP contribution in [0.2, 0.25) is 0 Å². The standard InChI is InChI=1S/C21H26N2O4S/c1-15(17-8-7-16-5-4-6-18(16)13-17)22-21(24)14-23(28(3,25)26)19-9-11-20(27-2)12-10-19/h7-13,15H,4-6,14H2,1-3H3,(H,22,24). The molecule has 3 rings (SSSR count). The molecular formula is C21H26N2O4S. The molecule has 1 atom stereocenters. The van der Waals surface area contributed by atoms with Gasteiger partial charge in [0.15, 0.2) is 0 Å². The van der Waals surface area contributed by atoms with Gasteiger partial charge in [-0.2, -0.15) is 0 Å². The van der Waals surface area contributed by atoms with Gasteiger partial charge in [0.25, 0.3) is 0 Å². The van der Waals surface area contributed by atoms with E-state index in [2.05, 4.69) is 17.4 Å². The summed E-state index contributed by atoms with van der Waals surface area (Å²) in [6.45, 7) is 1.63. The number of hydrogen-bond acceptors (Lipinski definition) is 4. The molecule has 2 aromatic carbocycles. The van der Waals surface area contributed by atoms with E-state index in [0.717, 1.165) is 29.0 Å². The zero-order chi connectivity index (χ0) is 20.3. The maximum Gasteiger partial charge on any atom is 0.241 e. The minimum Gasteiger partial charge on any atom is -0.497 e. The fraction of sp³-hybridized carbons (Fsp3) is 0.381. The quantitative estimate of drug-likeness (QED) is 0.773. The van der Waals surface area contributed by atoms with Crippen molar-refractivity contribution < 1.29 is 17.9 Å². The van der Waals surface area contributed by atoms with Gasteiger partial charge in [-0.1, -0.05) is 18.2 Å². The molecule has 0 heterocycles. The zero-order valence-corrected chi connectivity index (χ0v) is 17.3. The molecule has 28 heavy (non-hydrogen) atoms. The van der Waals surface area contributed by atoms with Gasteiger partial charge in [-0.05, 0) is 67.1 Å². The van der Waals surface area contributed by atoms with Gasteiger partial charge in [-0.25, -0.2) is 8.42 Å². The molecule has 0 radical (unpaired) electrons. The number of ether oxygens (including phenoxy) is 1. The lowest BCUT2D eigenvalue weighted by Gasteiger charge is -2.23. The Bertz CT molecular complexity index is 955. The summed E-state index contributed by atoms with van der Waals surface area (Å²) in [6, 6.07) is 12.7. The van der Waals surface area contributed by atoms with Gasteiger partial charge in [-0.3, -0.25) is 9.10 Å². The Hall–Kier alpha value is -2.54. The van der Waals surface area contributed by atoms with Gasteiger partial charge in [-0.15, -0.1) is 0 Å². The number of methoxy groups -OCH3 is 1. The monoisotopic (exact) mass is 402 g/mol. The van der Waals surface area contributed by atoms with Crippen LogP contribution in [0.5, 0.6) is 5.75 Å². The highest BCUT2D eigenvalue weighted by molar-refractivity contribution is 7.92. The van der Waals surface area contributed by atoms with Crippen molar-refractivity contribution in [2.45, 2.75) is 32.2 Å². The van der Waals surface area contributed by atoms with Crippen LogP contribution in [0.1, 0.15) is 36.1 Å². The van der Waals surface area contributed by atoms with Crippen molar-refractivity contribution in [3.8, 4) is 5.75 Å². The van der Waals surface area contributed by atoms with Gasteiger partial charge in [0.2, 0.25) is 15.9 Å². The molecule has 1 aliphatic rings. The average molecular weight is 403 g/mol. The van der Waals surface area contributed by atoms with Crippen molar-refractivity contribution >= 4 is 21.6 Å². The van der Waals surface area contributed by atoms with Gasteiger partial charge >= 0.3 is 0 Å². The first kappa shape index (κ1) is 20.2. The largest absolute Gasteiger partial charge is 0.497 e. The summed E-state index contributed by atoms with van der Waals surface area (Å²) >= 11 is 0. The summed E-state index contributed by atoms with van der Waals surface area (Å²) in [5.41, 5.74) is 4.17. The number of carbonyl (C=O) groups excluding carboxylic acids is 1. The molecule has 0 aliphatic heterocycles. The first-order valence-electron chi connectivity index (χ1n) is 9.31. The highest BCUT2D eigenvalue weighted by atomic mass is 32.2. The summed E-state index contributed by atoms with van der Waals surface area (Å²) in [6.07, 6.45) is 4.45. The number of hydrogen-bond donors (Lipinski definition) is 1. The maximum absolute atomic E-state index is 12.6. The van der Waals surface area contributed by atoms with Crippen LogP contribution in [0.25, 0.3) is 0 Å². The first-order valence-corrected chi connectivity index (χ1v) is 11.2. The molecule has 0 saturated heterocycles. The fourth-order valence-electron chi connectivity index (χ4n) is 3.51. The highest BCUT2D eigenvalue weighted by Crippen LogP contribution is 2.26. The van der Waals surface area contributed by atoms with Gasteiger partial charge in [0.05, 0.1) is 25.1 Å². The van der Waals surface area contributed by atoms with Crippen molar-refractivity contribution in [1.29, 1.82) is 0 Å². The Balaban J connectivity index is 1.71. The van der Waals surface area contributed by atoms with E-state index in [4.69, 9.17) is 4.74 Å². The SMILES string of the molecule is COc1ccc(N(CC(=O)NC(C)c2ccc3c(c2)CCC3)S(C)(=O)=O)cc1. The lowest BCUT2D eigenvalue weighted by atomic mass is 10.0. The number of amides is 1. The lowest BCUT2D eigenvalue weighted by Crippen LogP contribution is -2.41. The van der Waals surface area contributed by atoms with Gasteiger partial charge in [0, 0.05) is 0 Å². The number of carbonyl (C=O) groups is 1. The molecule has 1 aliphatic carbocycles. The average Bonchev–Trinajstić information content (AvgIpc) is 3.13. The van der Waals surface area contributed by atoms with E-state index in [9.17, 15) is 13.2 Å². The van der Waals surface area contributed by atoms with E-state index in [0.29, 0.717) is 11.4 Å². The molecule has 2 aromatic rings. The lowest BCUT2D eigenvalue weighted by molar-refractivity contribution is -0.120. The van der Waals surface area contributed by atoms with Gasteiger partial charge < -0.3 is 10.1 Å². The normalized spacial score (nSPS) is 14.2. The third-order valence-corrected chi connectivity index (χ3v) is 6.19. The molecule has 6 nitrogen and oxygen atoms in total. The second kappa shape index (κ2) is 8.22. The summed E-state index contributed by atoms with van der Waals surface area (Å²) < 4.78 is 30.6. The topological polar surface area (TPSA) is 75.7 Å². The Labute approximate surface area is 166 Å². The van der Waals surface area contributed by atoms with Crippen molar-refractivity contribution in [2.24, 2.45) is 0 Å². The zero-order valence-electron chi connectivity index (χ0n) is 16.4. The van der Waals surface area contributed by atoms with Crippen LogP contribution < -0.4 is 14.4 Å². The van der Waals surface area contributed by atoms with Crippen LogP contribution in [-0.2, 0) is 27.7 Å². The number of sulfonamides is 1. The highest BCUT2D eigenvalue weighted by Gasteiger charge is 2.22. The first-order chi connectivity index (χ1) is 13.3. The van der Waals surface area contributed by atoms with Crippen molar-refractivity contribution in [3.05, 3.63) is 59.2 Å². The molecule has 1 N–H and O–H groups in total. The summed E-state index contributed by atoms with van der Waals surface area (Å²) in [5, 5.41) is 2.91. The van der Waals surface area contributed by atoms with Crippen molar-refractivity contribution in [2.75, 3.05) is 24.2 Å². The number of nitrogens with one attached hydrogen (secondary N) is 1. The van der Waals surface area contributed by atoms with Crippen LogP contribution in [0, 0.1) is 0 Å². The van der Waals surface area contributed by atoms with E-state index in [1.807, 2.05) is 13.0 Å². The second-order valence-electron chi connectivity index (χ2n) is 7.14. The van der Waals surface area contributed by atoms with Crippen LogP contribution >= 0.6 is 0 Å². The Morgan fingerprint density at radius 1 is 1.14 bits per heavy atom. The molecule has 0 spiro atoms. The Morgan fingerprint density at radius 2 is 1.82 bits per heavy atom. The minimum absolute atomic E-state index is 0.198. The second-order valence-corrected chi connectivity index (χ2v) is 9.05. The molecule has 0 saturated carbocycles. The van der Waals surface area contributed by atoms with E-state index in [-0.39, 0.29) is 18.5 Å². The molecule has 0 aromatic heterocycles. The Morgan fingerprint density at radius 3 is 2.46 bits per heavy atom. The molecular weight excluding hydrogens is 376 g/mol. The van der Waals surface area contributed by atoms with E-state index in [1.54, 1.807) is 24.3 Å². The van der Waals surface area contributed by atoms with Crippen LogP contribution in [0.4, 0.5) is 5.69 Å². The summed E-state index contributed by atoms with van der Waals surface area (Å²) in [4.78, 5) is 12.6.